The first-order valence-corrected chi connectivity index (χ1v) is 11.1. The van der Waals surface area contributed by atoms with Gasteiger partial charge < -0.3 is 15.6 Å². The highest BCUT2D eigenvalue weighted by atomic mass is 16.2. The lowest BCUT2D eigenvalue weighted by molar-refractivity contribution is -0.117. The van der Waals surface area contributed by atoms with Gasteiger partial charge in [-0.05, 0) is 70.7 Å². The molecule has 2 aromatic carbocycles. The summed E-state index contributed by atoms with van der Waals surface area (Å²) in [6.45, 7) is 9.12. The smallest absolute Gasteiger partial charge is 0.263 e. The number of amides is 1. The topological polar surface area (TPSA) is 90.6 Å². The molecule has 7 nitrogen and oxygen atoms in total. The van der Waals surface area contributed by atoms with Crippen molar-refractivity contribution in [2.24, 2.45) is 4.99 Å². The zero-order valence-electron chi connectivity index (χ0n) is 20.3. The van der Waals surface area contributed by atoms with Gasteiger partial charge in [-0.1, -0.05) is 36.4 Å². The number of hydrogen-bond acceptors (Lipinski definition) is 5. The number of nitrogens with one attached hydrogen (secondary N) is 2. The van der Waals surface area contributed by atoms with Crippen LogP contribution in [0.4, 0.5) is 0 Å². The first-order chi connectivity index (χ1) is 16.1. The molecule has 3 aromatic rings. The molecule has 0 bridgehead atoms. The second-order valence-electron chi connectivity index (χ2n) is 8.60. The van der Waals surface area contributed by atoms with Gasteiger partial charge in [0.15, 0.2) is 0 Å². The number of aliphatic imine (C=N–C) groups is 1. The Morgan fingerprint density at radius 2 is 1.82 bits per heavy atom. The van der Waals surface area contributed by atoms with Crippen LogP contribution in [0, 0.1) is 5.41 Å². The number of fused-ring (bicyclic) bond motifs is 1. The average molecular weight is 458 g/mol. The van der Waals surface area contributed by atoms with E-state index in [1.165, 1.54) is 6.92 Å². The summed E-state index contributed by atoms with van der Waals surface area (Å²) in [5, 5.41) is 12.4. The SMILES string of the molecule is C=N/C(C)=C(/C(C)=N)C(=O)NC(C)c1cc2cccc(CN(C)C)c2c(=O)n1-c1ccccc1. The summed E-state index contributed by atoms with van der Waals surface area (Å²) in [4.78, 5) is 32.8. The second kappa shape index (κ2) is 10.4. The van der Waals surface area contributed by atoms with E-state index in [-0.39, 0.29) is 16.8 Å². The molecule has 1 aromatic heterocycles. The lowest BCUT2D eigenvalue weighted by Crippen LogP contribution is -2.34. The predicted octanol–water partition coefficient (Wildman–Crippen LogP) is 4.24. The summed E-state index contributed by atoms with van der Waals surface area (Å²) in [6, 6.07) is 16.7. The molecule has 2 N–H and O–H groups in total. The highest BCUT2D eigenvalue weighted by molar-refractivity contribution is 6.20. The third-order valence-corrected chi connectivity index (χ3v) is 5.65. The van der Waals surface area contributed by atoms with Crippen LogP contribution in [0.2, 0.25) is 0 Å². The second-order valence-corrected chi connectivity index (χ2v) is 8.60. The maximum absolute atomic E-state index is 13.9. The van der Waals surface area contributed by atoms with Gasteiger partial charge in [0.25, 0.3) is 11.5 Å². The number of allylic oxidation sites excluding steroid dienone is 1. The molecule has 176 valence electrons. The number of para-hydroxylation sites is 1. The van der Waals surface area contributed by atoms with Gasteiger partial charge >= 0.3 is 0 Å². The van der Waals surface area contributed by atoms with Crippen LogP contribution < -0.4 is 10.9 Å². The molecule has 1 unspecified atom stereocenters. The van der Waals surface area contributed by atoms with Crippen molar-refractivity contribution < 1.29 is 4.79 Å². The van der Waals surface area contributed by atoms with Crippen molar-refractivity contribution in [3.63, 3.8) is 0 Å². The van der Waals surface area contributed by atoms with Crippen molar-refractivity contribution in [3.05, 3.63) is 87.5 Å². The molecule has 1 amide bonds. The maximum atomic E-state index is 13.9. The summed E-state index contributed by atoms with van der Waals surface area (Å²) < 4.78 is 1.66. The number of benzene rings is 2. The highest BCUT2D eigenvalue weighted by Gasteiger charge is 2.22. The van der Waals surface area contributed by atoms with Crippen molar-refractivity contribution >= 4 is 29.1 Å². The van der Waals surface area contributed by atoms with Crippen LogP contribution in [0.1, 0.15) is 38.1 Å². The van der Waals surface area contributed by atoms with Crippen LogP contribution in [0.3, 0.4) is 0 Å². The van der Waals surface area contributed by atoms with E-state index in [1.54, 1.807) is 11.5 Å². The first-order valence-electron chi connectivity index (χ1n) is 11.1. The van der Waals surface area contributed by atoms with Crippen LogP contribution in [0.5, 0.6) is 0 Å². The number of rotatable bonds is 8. The average Bonchev–Trinajstić information content (AvgIpc) is 2.78. The molecule has 3 rings (SSSR count). The molecular formula is C27H31N5O2. The quantitative estimate of drug-likeness (QED) is 0.391. The number of pyridine rings is 1. The molecule has 0 saturated heterocycles. The number of hydrogen-bond donors (Lipinski definition) is 2. The minimum atomic E-state index is -0.519. The first kappa shape index (κ1) is 24.8. The van der Waals surface area contributed by atoms with Crippen LogP contribution in [0.25, 0.3) is 16.5 Å². The van der Waals surface area contributed by atoms with Crippen LogP contribution in [0.15, 0.2) is 75.7 Å². The Hall–Kier alpha value is -3.84. The zero-order chi connectivity index (χ0) is 25.0. The minimum absolute atomic E-state index is 0.0990. The molecule has 34 heavy (non-hydrogen) atoms. The third kappa shape index (κ3) is 5.05. The van der Waals surface area contributed by atoms with E-state index < -0.39 is 11.9 Å². The summed E-state index contributed by atoms with van der Waals surface area (Å²) >= 11 is 0. The van der Waals surface area contributed by atoms with Crippen molar-refractivity contribution in [2.75, 3.05) is 14.1 Å². The number of nitrogens with zero attached hydrogens (tertiary/aromatic N) is 3. The van der Waals surface area contributed by atoms with E-state index in [2.05, 4.69) is 17.0 Å². The maximum Gasteiger partial charge on any atom is 0.263 e. The fourth-order valence-electron chi connectivity index (χ4n) is 4.12. The molecule has 7 heteroatoms. The Morgan fingerprint density at radius 1 is 1.15 bits per heavy atom. The normalized spacial score (nSPS) is 12.9. The summed E-state index contributed by atoms with van der Waals surface area (Å²) in [5.74, 6) is -0.432. The lowest BCUT2D eigenvalue weighted by atomic mass is 10.0. The fraction of sp³-hybridized carbons (Fsp3) is 0.259. The van der Waals surface area contributed by atoms with Gasteiger partial charge in [0, 0.05) is 23.6 Å². The van der Waals surface area contributed by atoms with E-state index in [0.717, 1.165) is 10.9 Å². The molecule has 1 heterocycles. The van der Waals surface area contributed by atoms with Crippen molar-refractivity contribution in [1.82, 2.24) is 14.8 Å². The monoisotopic (exact) mass is 457 g/mol. The molecule has 1 atom stereocenters. The molecule has 0 radical (unpaired) electrons. The Morgan fingerprint density at radius 3 is 2.41 bits per heavy atom. The van der Waals surface area contributed by atoms with Gasteiger partial charge in [-0.2, -0.15) is 0 Å². The predicted molar refractivity (Wildman–Crippen MR) is 139 cm³/mol. The molecule has 0 aliphatic heterocycles. The van der Waals surface area contributed by atoms with Crippen LogP contribution in [-0.2, 0) is 11.3 Å². The van der Waals surface area contributed by atoms with Crippen molar-refractivity contribution in [2.45, 2.75) is 33.4 Å². The third-order valence-electron chi connectivity index (χ3n) is 5.65. The Bertz CT molecular complexity index is 1340. The molecule has 0 saturated carbocycles. The Labute approximate surface area is 200 Å². The van der Waals surface area contributed by atoms with E-state index in [1.807, 2.05) is 80.5 Å². The molecule has 0 spiro atoms. The van der Waals surface area contributed by atoms with E-state index in [0.29, 0.717) is 29.0 Å². The van der Waals surface area contributed by atoms with Crippen molar-refractivity contribution in [1.29, 1.82) is 5.41 Å². The van der Waals surface area contributed by atoms with Gasteiger partial charge in [-0.25, -0.2) is 0 Å². The Balaban J connectivity index is 2.22. The summed E-state index contributed by atoms with van der Waals surface area (Å²) in [5.41, 5.74) is 2.81. The summed E-state index contributed by atoms with van der Waals surface area (Å²) in [6.07, 6.45) is 0. The van der Waals surface area contributed by atoms with E-state index in [9.17, 15) is 9.59 Å². The van der Waals surface area contributed by atoms with Crippen molar-refractivity contribution in [3.8, 4) is 5.69 Å². The molecular weight excluding hydrogens is 426 g/mol. The largest absolute Gasteiger partial charge is 0.344 e. The fourth-order valence-corrected chi connectivity index (χ4v) is 4.12. The lowest BCUT2D eigenvalue weighted by Gasteiger charge is -2.22. The zero-order valence-corrected chi connectivity index (χ0v) is 20.3. The van der Waals surface area contributed by atoms with Gasteiger partial charge in [-0.3, -0.25) is 19.1 Å². The van der Waals surface area contributed by atoms with Gasteiger partial charge in [0.2, 0.25) is 0 Å². The molecule has 0 aliphatic carbocycles. The molecule has 0 fully saturated rings. The minimum Gasteiger partial charge on any atom is -0.344 e. The van der Waals surface area contributed by atoms with E-state index >= 15 is 0 Å². The number of carbonyl (C=O) groups excluding carboxylic acids is 1. The Kier molecular flexibility index (Phi) is 7.58. The van der Waals surface area contributed by atoms with E-state index in [4.69, 9.17) is 5.41 Å². The van der Waals surface area contributed by atoms with Crippen LogP contribution in [-0.4, -0.2) is 41.9 Å². The number of carbonyl (C=O) groups is 1. The standard InChI is InChI=1S/C27H31N5O2/c1-17(28)24(19(3)29-4)26(33)30-18(2)23-15-20-11-10-12-21(16-31(5)6)25(20)27(34)32(23)22-13-8-7-9-14-22/h7-15,18,28H,4,16H2,1-3,5-6H3,(H,30,33)/b24-19-,28-17?. The van der Waals surface area contributed by atoms with Gasteiger partial charge in [0.1, 0.15) is 0 Å². The van der Waals surface area contributed by atoms with Gasteiger partial charge in [0.05, 0.1) is 22.7 Å². The van der Waals surface area contributed by atoms with Crippen LogP contribution >= 0.6 is 0 Å². The highest BCUT2D eigenvalue weighted by Crippen LogP contribution is 2.24. The number of aromatic nitrogens is 1. The summed E-state index contributed by atoms with van der Waals surface area (Å²) in [7, 11) is 3.94. The molecule has 0 aliphatic rings. The van der Waals surface area contributed by atoms with Gasteiger partial charge in [-0.15, -0.1) is 0 Å².